The van der Waals surface area contributed by atoms with Crippen LogP contribution in [-0.4, -0.2) is 40.8 Å². The zero-order valence-corrected chi connectivity index (χ0v) is 17.8. The van der Waals surface area contributed by atoms with Gasteiger partial charge in [-0.1, -0.05) is 30.9 Å². The molecule has 3 heterocycles. The van der Waals surface area contributed by atoms with Gasteiger partial charge in [-0.3, -0.25) is 4.98 Å². The van der Waals surface area contributed by atoms with Crippen LogP contribution in [0.4, 0.5) is 11.6 Å². The molecule has 1 saturated carbocycles. The monoisotopic (exact) mass is 415 g/mol. The SMILES string of the molecule is Cc1ncc(NCC2CCOCC2)nc1-c1cc(NC2CCCCC2)ncc1Cl. The molecule has 0 spiro atoms. The van der Waals surface area contributed by atoms with E-state index in [1.54, 1.807) is 12.4 Å². The lowest BCUT2D eigenvalue weighted by atomic mass is 9.95. The van der Waals surface area contributed by atoms with Gasteiger partial charge in [0.15, 0.2) is 0 Å². The van der Waals surface area contributed by atoms with E-state index in [2.05, 4.69) is 20.6 Å². The van der Waals surface area contributed by atoms with Gasteiger partial charge in [0, 0.05) is 37.6 Å². The van der Waals surface area contributed by atoms with E-state index in [-0.39, 0.29) is 0 Å². The molecule has 6 nitrogen and oxygen atoms in total. The van der Waals surface area contributed by atoms with Crippen molar-refractivity contribution in [3.05, 3.63) is 29.2 Å². The molecule has 1 aliphatic heterocycles. The average Bonchev–Trinajstić information content (AvgIpc) is 2.76. The zero-order valence-electron chi connectivity index (χ0n) is 17.1. The molecule has 1 aliphatic carbocycles. The van der Waals surface area contributed by atoms with E-state index < -0.39 is 0 Å². The van der Waals surface area contributed by atoms with Gasteiger partial charge in [0.05, 0.1) is 22.6 Å². The first-order chi connectivity index (χ1) is 14.2. The Morgan fingerprint density at radius 3 is 2.62 bits per heavy atom. The quantitative estimate of drug-likeness (QED) is 0.685. The lowest BCUT2D eigenvalue weighted by Crippen LogP contribution is -2.23. The average molecular weight is 416 g/mol. The summed E-state index contributed by atoms with van der Waals surface area (Å²) < 4.78 is 5.44. The third-order valence-corrected chi connectivity index (χ3v) is 6.24. The molecule has 0 amide bonds. The Bertz CT molecular complexity index is 819. The van der Waals surface area contributed by atoms with Gasteiger partial charge in [0.2, 0.25) is 0 Å². The van der Waals surface area contributed by atoms with E-state index in [1.165, 1.54) is 32.1 Å². The maximum atomic E-state index is 6.50. The molecule has 0 aromatic carbocycles. The second kappa shape index (κ2) is 9.72. The first kappa shape index (κ1) is 20.4. The number of hydrogen-bond acceptors (Lipinski definition) is 6. The summed E-state index contributed by atoms with van der Waals surface area (Å²) in [5.74, 6) is 2.26. The number of halogens is 1. The minimum Gasteiger partial charge on any atom is -0.381 e. The molecule has 4 rings (SSSR count). The third-order valence-electron chi connectivity index (χ3n) is 5.94. The minimum absolute atomic E-state index is 0.491. The summed E-state index contributed by atoms with van der Waals surface area (Å²) in [5.41, 5.74) is 2.54. The number of rotatable bonds is 6. The van der Waals surface area contributed by atoms with Crippen molar-refractivity contribution in [2.45, 2.75) is 57.9 Å². The van der Waals surface area contributed by atoms with Gasteiger partial charge in [-0.25, -0.2) is 9.97 Å². The minimum atomic E-state index is 0.491. The lowest BCUT2D eigenvalue weighted by Gasteiger charge is -2.23. The standard InChI is InChI=1S/C22H30ClN5O/c1-15-22(28-21(14-24-15)25-12-16-7-9-29-10-8-16)18-11-20(26-13-19(18)23)27-17-5-3-2-4-6-17/h11,13-14,16-17H,2-10,12H2,1H3,(H,25,28)(H,26,27). The van der Waals surface area contributed by atoms with Gasteiger partial charge in [0.1, 0.15) is 11.6 Å². The Morgan fingerprint density at radius 1 is 1.03 bits per heavy atom. The second-order valence-electron chi connectivity index (χ2n) is 8.15. The highest BCUT2D eigenvalue weighted by molar-refractivity contribution is 6.33. The number of nitrogens with zero attached hydrogens (tertiary/aromatic N) is 3. The molecule has 1 saturated heterocycles. The van der Waals surface area contributed by atoms with Crippen molar-refractivity contribution < 1.29 is 4.74 Å². The molecule has 29 heavy (non-hydrogen) atoms. The van der Waals surface area contributed by atoms with Crippen LogP contribution in [0.25, 0.3) is 11.3 Å². The highest BCUT2D eigenvalue weighted by atomic mass is 35.5. The molecule has 7 heteroatoms. The summed E-state index contributed by atoms with van der Waals surface area (Å²) in [6.45, 7) is 4.55. The fraction of sp³-hybridized carbons (Fsp3) is 0.591. The van der Waals surface area contributed by atoms with Crippen LogP contribution in [0.3, 0.4) is 0 Å². The first-order valence-electron chi connectivity index (χ1n) is 10.8. The lowest BCUT2D eigenvalue weighted by molar-refractivity contribution is 0.0699. The van der Waals surface area contributed by atoms with E-state index in [0.717, 1.165) is 61.2 Å². The summed E-state index contributed by atoms with van der Waals surface area (Å²) in [4.78, 5) is 13.9. The number of ether oxygens (including phenoxy) is 1. The first-order valence-corrected chi connectivity index (χ1v) is 11.1. The van der Waals surface area contributed by atoms with Gasteiger partial charge in [-0.15, -0.1) is 0 Å². The largest absolute Gasteiger partial charge is 0.381 e. The number of pyridine rings is 1. The van der Waals surface area contributed by atoms with Crippen LogP contribution >= 0.6 is 11.6 Å². The van der Waals surface area contributed by atoms with Crippen LogP contribution in [0.2, 0.25) is 5.02 Å². The summed E-state index contributed by atoms with van der Waals surface area (Å²) in [6, 6.07) is 2.50. The van der Waals surface area contributed by atoms with Crippen molar-refractivity contribution in [2.24, 2.45) is 5.92 Å². The third kappa shape index (κ3) is 5.37. The Hall–Kier alpha value is -1.92. The van der Waals surface area contributed by atoms with Crippen molar-refractivity contribution in [3.8, 4) is 11.3 Å². The van der Waals surface area contributed by atoms with Crippen LogP contribution in [0.15, 0.2) is 18.5 Å². The highest BCUT2D eigenvalue weighted by Crippen LogP contribution is 2.31. The van der Waals surface area contributed by atoms with Crippen LogP contribution in [0.1, 0.15) is 50.6 Å². The van der Waals surface area contributed by atoms with E-state index in [4.69, 9.17) is 21.3 Å². The molecule has 2 fully saturated rings. The molecule has 0 radical (unpaired) electrons. The molecule has 0 unspecified atom stereocenters. The molecule has 0 atom stereocenters. The number of nitrogens with one attached hydrogen (secondary N) is 2. The number of aromatic nitrogens is 3. The zero-order chi connectivity index (χ0) is 20.1. The molecule has 2 aliphatic rings. The van der Waals surface area contributed by atoms with E-state index in [9.17, 15) is 0 Å². The van der Waals surface area contributed by atoms with Gasteiger partial charge in [-0.05, 0) is 44.6 Å². The smallest absolute Gasteiger partial charge is 0.145 e. The molecule has 156 valence electrons. The van der Waals surface area contributed by atoms with Crippen molar-refractivity contribution in [1.82, 2.24) is 15.0 Å². The topological polar surface area (TPSA) is 72.0 Å². The molecule has 2 aromatic heterocycles. The number of hydrogen-bond donors (Lipinski definition) is 2. The van der Waals surface area contributed by atoms with Gasteiger partial charge in [-0.2, -0.15) is 0 Å². The van der Waals surface area contributed by atoms with Crippen LogP contribution < -0.4 is 10.6 Å². The Morgan fingerprint density at radius 2 is 1.83 bits per heavy atom. The normalized spacial score (nSPS) is 18.6. The van der Waals surface area contributed by atoms with Crippen molar-refractivity contribution in [3.63, 3.8) is 0 Å². The predicted octanol–water partition coefficient (Wildman–Crippen LogP) is 5.08. The number of anilines is 2. The van der Waals surface area contributed by atoms with E-state index in [1.807, 2.05) is 13.0 Å². The fourth-order valence-electron chi connectivity index (χ4n) is 4.14. The second-order valence-corrected chi connectivity index (χ2v) is 8.56. The van der Waals surface area contributed by atoms with Crippen molar-refractivity contribution in [1.29, 1.82) is 0 Å². The van der Waals surface area contributed by atoms with Gasteiger partial charge in [0.25, 0.3) is 0 Å². The molecular weight excluding hydrogens is 386 g/mol. The Kier molecular flexibility index (Phi) is 6.82. The molecule has 2 aromatic rings. The summed E-state index contributed by atoms with van der Waals surface area (Å²) in [7, 11) is 0. The Balaban J connectivity index is 1.50. The maximum Gasteiger partial charge on any atom is 0.145 e. The van der Waals surface area contributed by atoms with E-state index in [0.29, 0.717) is 17.0 Å². The Labute approximate surface area is 177 Å². The van der Waals surface area contributed by atoms with Crippen LogP contribution in [-0.2, 0) is 4.74 Å². The van der Waals surface area contributed by atoms with Crippen molar-refractivity contribution in [2.75, 3.05) is 30.4 Å². The molecule has 2 N–H and O–H groups in total. The fourth-order valence-corrected chi connectivity index (χ4v) is 4.34. The summed E-state index contributed by atoms with van der Waals surface area (Å²) in [5, 5.41) is 7.62. The van der Waals surface area contributed by atoms with Gasteiger partial charge >= 0.3 is 0 Å². The van der Waals surface area contributed by atoms with Crippen LogP contribution in [0, 0.1) is 12.8 Å². The molecular formula is C22H30ClN5O. The van der Waals surface area contributed by atoms with Crippen LogP contribution in [0.5, 0.6) is 0 Å². The van der Waals surface area contributed by atoms with E-state index >= 15 is 0 Å². The summed E-state index contributed by atoms with van der Waals surface area (Å²) >= 11 is 6.50. The van der Waals surface area contributed by atoms with Gasteiger partial charge < -0.3 is 15.4 Å². The molecule has 0 bridgehead atoms. The number of aryl methyl sites for hydroxylation is 1. The predicted molar refractivity (Wildman–Crippen MR) is 118 cm³/mol. The summed E-state index contributed by atoms with van der Waals surface area (Å²) in [6.07, 6.45) is 12.0. The van der Waals surface area contributed by atoms with Crippen molar-refractivity contribution >= 4 is 23.2 Å². The highest BCUT2D eigenvalue weighted by Gasteiger charge is 2.17. The maximum absolute atomic E-state index is 6.50.